The van der Waals surface area contributed by atoms with E-state index in [2.05, 4.69) is 19.6 Å². The van der Waals surface area contributed by atoms with Crippen LogP contribution in [-0.2, 0) is 23.3 Å². The van der Waals surface area contributed by atoms with E-state index in [1.165, 1.54) is 0 Å². The van der Waals surface area contributed by atoms with Gasteiger partial charge in [0.2, 0.25) is 5.03 Å². The Hall–Kier alpha value is -0.793. The molecule has 0 saturated heterocycles. The molecule has 1 heterocycles. The van der Waals surface area contributed by atoms with E-state index in [4.69, 9.17) is 13.0 Å². The molecule has 0 aromatic carbocycles. The van der Waals surface area contributed by atoms with Crippen molar-refractivity contribution in [3.05, 3.63) is 23.9 Å². The predicted octanol–water partition coefficient (Wildman–Crippen LogP) is 3.55. The van der Waals surface area contributed by atoms with Crippen LogP contribution in [0.15, 0.2) is 23.4 Å². The molecule has 1 aromatic heterocycles. The van der Waals surface area contributed by atoms with Gasteiger partial charge in [0, 0.05) is 6.07 Å². The van der Waals surface area contributed by atoms with E-state index in [0.717, 1.165) is 22.7 Å². The van der Waals surface area contributed by atoms with Gasteiger partial charge in [0.25, 0.3) is 0 Å². The third-order valence-corrected chi connectivity index (χ3v) is 7.68. The van der Waals surface area contributed by atoms with Crippen LogP contribution in [0.4, 0.5) is 26.3 Å². The van der Waals surface area contributed by atoms with Crippen LogP contribution >= 0.6 is 11.8 Å². The largest absolute Gasteiger partial charge is 0.741 e. The van der Waals surface area contributed by atoms with Gasteiger partial charge in [-0.25, -0.2) is 8.42 Å². The highest BCUT2D eigenvalue weighted by molar-refractivity contribution is 8.00. The second kappa shape index (κ2) is 8.27. The Balaban J connectivity index is 0.000000609. The van der Waals surface area contributed by atoms with Gasteiger partial charge in [-0.15, -0.1) is 0 Å². The maximum atomic E-state index is 12.5. The smallest absolute Gasteiger partial charge is 0.485 e. The number of aromatic nitrogens is 1. The Kier molecular flexibility index (Phi) is 8.00. The molecule has 1 rings (SSSR count). The zero-order chi connectivity index (χ0) is 20.3. The third kappa shape index (κ3) is 9.46. The van der Waals surface area contributed by atoms with Crippen molar-refractivity contribution in [2.45, 2.75) is 36.4 Å². The Morgan fingerprint density at radius 2 is 1.56 bits per heavy atom. The van der Waals surface area contributed by atoms with Gasteiger partial charge in [0.05, 0.1) is 8.07 Å². The SMILES string of the molecule is C[n+]1cc(C(F)(F)F)ccc1SC[Si](C)(C)C.O=S(=O)([O-])C(F)(F)F. The first-order valence-electron chi connectivity index (χ1n) is 6.56. The standard InChI is InChI=1S/C11H17F3NSSi.CHF3O3S/c1-15-7-9(11(12,13)14)5-6-10(15)16-8-17(2,3)4;2-1(3,4)8(5,6)7/h5-7H,8H2,1-4H3;(H,5,6,7)/q+1;/p-1. The maximum absolute atomic E-state index is 12.5. The van der Waals surface area contributed by atoms with Crippen LogP contribution in [0.5, 0.6) is 0 Å². The summed E-state index contributed by atoms with van der Waals surface area (Å²) >= 11 is 1.63. The van der Waals surface area contributed by atoms with E-state index in [1.54, 1.807) is 29.4 Å². The van der Waals surface area contributed by atoms with Crippen LogP contribution in [0.1, 0.15) is 5.56 Å². The molecule has 0 amide bonds. The van der Waals surface area contributed by atoms with E-state index in [9.17, 15) is 26.3 Å². The molecule has 0 bridgehead atoms. The molecule has 0 saturated carbocycles. The fourth-order valence-electron chi connectivity index (χ4n) is 1.20. The fraction of sp³-hybridized carbons (Fsp3) is 0.583. The van der Waals surface area contributed by atoms with Gasteiger partial charge in [0.15, 0.2) is 16.3 Å². The molecule has 4 nitrogen and oxygen atoms in total. The minimum absolute atomic E-state index is 0.600. The number of thioether (sulfide) groups is 1. The molecular formula is C12H17F6NO3S2Si. The van der Waals surface area contributed by atoms with Crippen LogP contribution in [0.25, 0.3) is 0 Å². The summed E-state index contributed by atoms with van der Waals surface area (Å²) in [6.07, 6.45) is -3.12. The second-order valence-electron chi connectivity index (χ2n) is 6.11. The molecular weight excluding hydrogens is 412 g/mol. The summed E-state index contributed by atoms with van der Waals surface area (Å²) in [5, 5.41) is 1.88. The molecule has 0 aliphatic carbocycles. The second-order valence-corrected chi connectivity index (χ2v) is 14.5. The van der Waals surface area contributed by atoms with E-state index in [-0.39, 0.29) is 0 Å². The van der Waals surface area contributed by atoms with Gasteiger partial charge in [-0.3, -0.25) is 0 Å². The molecule has 0 N–H and O–H groups in total. The number of aryl methyl sites for hydroxylation is 1. The van der Waals surface area contributed by atoms with Crippen molar-refractivity contribution >= 4 is 30.0 Å². The van der Waals surface area contributed by atoms with Crippen molar-refractivity contribution in [1.29, 1.82) is 0 Å². The van der Waals surface area contributed by atoms with Gasteiger partial charge in [-0.1, -0.05) is 31.4 Å². The van der Waals surface area contributed by atoms with Crippen LogP contribution in [0.2, 0.25) is 19.6 Å². The fourth-order valence-corrected chi connectivity index (χ4v) is 3.95. The average Bonchev–Trinajstić information content (AvgIpc) is 2.33. The highest BCUT2D eigenvalue weighted by atomic mass is 32.2. The Morgan fingerprint density at radius 1 is 1.12 bits per heavy atom. The summed E-state index contributed by atoms with van der Waals surface area (Å²) in [7, 11) is -5.62. The van der Waals surface area contributed by atoms with Crippen molar-refractivity contribution in [3.8, 4) is 0 Å². The minimum Gasteiger partial charge on any atom is -0.741 e. The lowest BCUT2D eigenvalue weighted by atomic mass is 10.3. The zero-order valence-electron chi connectivity index (χ0n) is 13.7. The normalized spacial score (nSPS) is 13.2. The summed E-state index contributed by atoms with van der Waals surface area (Å²) in [4.78, 5) is 0. The monoisotopic (exact) mass is 429 g/mol. The molecule has 0 radical (unpaired) electrons. The maximum Gasteiger partial charge on any atom is 0.485 e. The van der Waals surface area contributed by atoms with E-state index in [0.29, 0.717) is 0 Å². The molecule has 0 aliphatic rings. The summed E-state index contributed by atoms with van der Waals surface area (Å²) in [5.41, 5.74) is -6.25. The van der Waals surface area contributed by atoms with Crippen molar-refractivity contribution in [2.24, 2.45) is 7.05 Å². The van der Waals surface area contributed by atoms with Crippen molar-refractivity contribution in [2.75, 3.05) is 5.38 Å². The van der Waals surface area contributed by atoms with Crippen molar-refractivity contribution < 1.29 is 43.9 Å². The number of alkyl halides is 6. The van der Waals surface area contributed by atoms with E-state index in [1.807, 2.05) is 0 Å². The topological polar surface area (TPSA) is 61.1 Å². The highest BCUT2D eigenvalue weighted by Crippen LogP contribution is 2.29. The molecule has 0 spiro atoms. The molecule has 146 valence electrons. The summed E-state index contributed by atoms with van der Waals surface area (Å²) < 4.78 is 97.8. The number of halogens is 6. The predicted molar refractivity (Wildman–Crippen MR) is 82.4 cm³/mol. The molecule has 0 fully saturated rings. The van der Waals surface area contributed by atoms with Crippen LogP contribution in [0.3, 0.4) is 0 Å². The van der Waals surface area contributed by atoms with Gasteiger partial charge in [-0.2, -0.15) is 30.9 Å². The zero-order valence-corrected chi connectivity index (χ0v) is 16.3. The van der Waals surface area contributed by atoms with Crippen molar-refractivity contribution in [3.63, 3.8) is 0 Å². The molecule has 0 aliphatic heterocycles. The molecule has 0 atom stereocenters. The van der Waals surface area contributed by atoms with Crippen molar-refractivity contribution in [1.82, 2.24) is 0 Å². The average molecular weight is 429 g/mol. The minimum atomic E-state index is -6.09. The van der Waals surface area contributed by atoms with Gasteiger partial charge < -0.3 is 4.55 Å². The van der Waals surface area contributed by atoms with E-state index >= 15 is 0 Å². The lowest BCUT2D eigenvalue weighted by Crippen LogP contribution is -2.34. The van der Waals surface area contributed by atoms with Gasteiger partial charge in [-0.05, 0) is 11.4 Å². The quantitative estimate of drug-likeness (QED) is 0.184. The Morgan fingerprint density at radius 3 is 1.84 bits per heavy atom. The number of hydrogen-bond acceptors (Lipinski definition) is 4. The molecule has 1 aromatic rings. The number of hydrogen-bond donors (Lipinski definition) is 0. The van der Waals surface area contributed by atoms with Gasteiger partial charge in [0.1, 0.15) is 12.6 Å². The summed E-state index contributed by atoms with van der Waals surface area (Å²) in [6, 6.07) is 2.69. The Labute approximate surface area is 147 Å². The summed E-state index contributed by atoms with van der Waals surface area (Å²) in [5.74, 6) is 0. The highest BCUT2D eigenvalue weighted by Gasteiger charge is 2.37. The van der Waals surface area contributed by atoms with Crippen LogP contribution < -0.4 is 4.57 Å². The number of rotatable bonds is 3. The molecule has 25 heavy (non-hydrogen) atoms. The summed E-state index contributed by atoms with van der Waals surface area (Å²) in [6.45, 7) is 6.72. The van der Waals surface area contributed by atoms with Gasteiger partial charge >= 0.3 is 11.7 Å². The lowest BCUT2D eigenvalue weighted by Gasteiger charge is -2.13. The Bertz CT molecular complexity index is 684. The van der Waals surface area contributed by atoms with E-state index < -0.39 is 35.4 Å². The lowest BCUT2D eigenvalue weighted by molar-refractivity contribution is -0.709. The van der Waals surface area contributed by atoms with Crippen LogP contribution in [-0.4, -0.2) is 31.9 Å². The molecule has 0 unspecified atom stereocenters. The first-order chi connectivity index (χ1) is 10.8. The first kappa shape index (κ1) is 24.2. The third-order valence-electron chi connectivity index (χ3n) is 2.35. The molecule has 13 heteroatoms. The first-order valence-corrected chi connectivity index (χ1v) is 12.7. The van der Waals surface area contributed by atoms with Crippen LogP contribution in [0, 0.1) is 0 Å². The number of nitrogens with zero attached hydrogens (tertiary/aromatic N) is 1. The number of pyridine rings is 1.